The number of pyridine rings is 1. The Hall–Kier alpha value is -2.78. The molecule has 0 unspecified atom stereocenters. The largest absolute Gasteiger partial charge is 0.416 e. The molecule has 1 amide bonds. The topological polar surface area (TPSA) is 62.0 Å². The van der Waals surface area contributed by atoms with E-state index in [9.17, 15) is 35.9 Å². The summed E-state index contributed by atoms with van der Waals surface area (Å²) in [6.07, 6.45) is -7.88. The fourth-order valence-corrected chi connectivity index (χ4v) is 1.82. The second-order valence-corrected chi connectivity index (χ2v) is 4.67. The van der Waals surface area contributed by atoms with Gasteiger partial charge in [0.25, 0.3) is 5.91 Å². The van der Waals surface area contributed by atoms with E-state index < -0.39 is 46.1 Å². The Bertz CT molecular complexity index is 791. The van der Waals surface area contributed by atoms with Crippen LogP contribution in [-0.4, -0.2) is 10.9 Å². The van der Waals surface area contributed by atoms with Gasteiger partial charge in [-0.05, 0) is 18.2 Å². The van der Waals surface area contributed by atoms with Crippen LogP contribution in [0.2, 0.25) is 0 Å². The van der Waals surface area contributed by atoms with Crippen LogP contribution in [0.3, 0.4) is 0 Å². The number of rotatable bonds is 2. The zero-order chi connectivity index (χ0) is 18.1. The molecule has 0 saturated carbocycles. The first-order valence-electron chi connectivity index (χ1n) is 6.26. The highest BCUT2D eigenvalue weighted by molar-refractivity contribution is 6.04. The Morgan fingerprint density at radius 1 is 0.958 bits per heavy atom. The van der Waals surface area contributed by atoms with Gasteiger partial charge in [-0.15, -0.1) is 0 Å². The average molecular weight is 350 g/mol. The third-order valence-electron chi connectivity index (χ3n) is 2.91. The summed E-state index contributed by atoms with van der Waals surface area (Å²) in [6, 6.07) is 1.63. The Labute approximate surface area is 130 Å². The zero-order valence-electron chi connectivity index (χ0n) is 11.5. The lowest BCUT2D eigenvalue weighted by atomic mass is 10.1. The number of hydrogen-bond acceptors (Lipinski definition) is 2. The number of H-pyrrole nitrogens is 1. The average Bonchev–Trinajstić information content (AvgIpc) is 2.45. The van der Waals surface area contributed by atoms with E-state index in [0.29, 0.717) is 12.1 Å². The Balaban J connectivity index is 2.45. The molecule has 2 N–H and O–H groups in total. The van der Waals surface area contributed by atoms with Gasteiger partial charge in [-0.2, -0.15) is 26.3 Å². The summed E-state index contributed by atoms with van der Waals surface area (Å²) in [5, 5.41) is 1.87. The van der Waals surface area contributed by atoms with Gasteiger partial charge >= 0.3 is 12.4 Å². The van der Waals surface area contributed by atoms with Crippen molar-refractivity contribution < 1.29 is 31.1 Å². The highest BCUT2D eigenvalue weighted by Gasteiger charge is 2.37. The number of halogens is 6. The molecular weight excluding hydrogens is 342 g/mol. The van der Waals surface area contributed by atoms with Crippen LogP contribution in [0.5, 0.6) is 0 Å². The number of carbonyl (C=O) groups excluding carboxylic acids is 1. The molecule has 1 heterocycles. The molecule has 128 valence electrons. The molecule has 0 atom stereocenters. The van der Waals surface area contributed by atoms with Crippen LogP contribution in [0.4, 0.5) is 32.0 Å². The predicted octanol–water partition coefficient (Wildman–Crippen LogP) is 3.66. The molecule has 10 heteroatoms. The van der Waals surface area contributed by atoms with Crippen LogP contribution in [-0.2, 0) is 12.4 Å². The number of anilines is 1. The summed E-state index contributed by atoms with van der Waals surface area (Å²) in [7, 11) is 0. The first-order valence-corrected chi connectivity index (χ1v) is 6.26. The molecule has 0 aliphatic carbocycles. The molecule has 0 radical (unpaired) electrons. The Kier molecular flexibility index (Phi) is 4.41. The number of aromatic nitrogens is 1. The lowest BCUT2D eigenvalue weighted by Crippen LogP contribution is -2.21. The van der Waals surface area contributed by atoms with Crippen molar-refractivity contribution in [3.63, 3.8) is 0 Å². The quantitative estimate of drug-likeness (QED) is 0.812. The maximum atomic E-state index is 12.7. The molecule has 2 aromatic rings. The monoisotopic (exact) mass is 350 g/mol. The Morgan fingerprint density at radius 2 is 1.50 bits per heavy atom. The van der Waals surface area contributed by atoms with Gasteiger partial charge in [0.2, 0.25) is 0 Å². The molecule has 0 bridgehead atoms. The molecule has 1 aromatic carbocycles. The van der Waals surface area contributed by atoms with Crippen LogP contribution < -0.4 is 10.7 Å². The maximum absolute atomic E-state index is 12.7. The molecule has 0 fully saturated rings. The van der Waals surface area contributed by atoms with Gasteiger partial charge in [0.15, 0.2) is 5.43 Å². The standard InChI is InChI=1S/C14H8F6N2O2/c15-13(16,17)7-3-8(14(18,19)20)5-9(4-7)22-12(24)10-6-21-2-1-11(10)23/h1-6H,(H,21,23)(H,22,24). The van der Waals surface area contributed by atoms with Crippen molar-refractivity contribution >= 4 is 11.6 Å². The molecule has 4 nitrogen and oxygen atoms in total. The first kappa shape index (κ1) is 17.6. The van der Waals surface area contributed by atoms with Crippen molar-refractivity contribution in [1.29, 1.82) is 0 Å². The van der Waals surface area contributed by atoms with Crippen molar-refractivity contribution in [2.45, 2.75) is 12.4 Å². The first-order chi connectivity index (χ1) is 11.0. The molecule has 0 spiro atoms. The van der Waals surface area contributed by atoms with Gasteiger partial charge in [-0.25, -0.2) is 0 Å². The third-order valence-corrected chi connectivity index (χ3v) is 2.91. The van der Waals surface area contributed by atoms with E-state index in [4.69, 9.17) is 0 Å². The third kappa shape index (κ3) is 3.94. The summed E-state index contributed by atoms with van der Waals surface area (Å²) in [5.41, 5.74) is -5.08. The van der Waals surface area contributed by atoms with E-state index in [1.165, 1.54) is 6.20 Å². The number of aromatic amines is 1. The van der Waals surface area contributed by atoms with Crippen molar-refractivity contribution in [3.05, 3.63) is 63.6 Å². The fraction of sp³-hybridized carbons (Fsp3) is 0.143. The molecule has 2 rings (SSSR count). The number of carbonyl (C=O) groups is 1. The molecular formula is C14H8F6N2O2. The van der Waals surface area contributed by atoms with Gasteiger partial charge in [0.1, 0.15) is 5.56 Å². The second kappa shape index (κ2) is 6.02. The van der Waals surface area contributed by atoms with E-state index in [1.807, 2.05) is 5.32 Å². The Morgan fingerprint density at radius 3 is 1.96 bits per heavy atom. The van der Waals surface area contributed by atoms with Crippen molar-refractivity contribution in [1.82, 2.24) is 4.98 Å². The number of amides is 1. The predicted molar refractivity (Wildman–Crippen MR) is 71.5 cm³/mol. The summed E-state index contributed by atoms with van der Waals surface area (Å²) < 4.78 is 76.4. The summed E-state index contributed by atoms with van der Waals surface area (Å²) in [6.45, 7) is 0. The number of benzene rings is 1. The molecule has 24 heavy (non-hydrogen) atoms. The van der Waals surface area contributed by atoms with Gasteiger partial charge in [-0.3, -0.25) is 9.59 Å². The highest BCUT2D eigenvalue weighted by atomic mass is 19.4. The van der Waals surface area contributed by atoms with E-state index >= 15 is 0 Å². The van der Waals surface area contributed by atoms with Crippen LogP contribution in [0.15, 0.2) is 41.5 Å². The molecule has 0 aliphatic rings. The number of nitrogens with one attached hydrogen (secondary N) is 2. The minimum Gasteiger partial charge on any atom is -0.367 e. The summed E-state index contributed by atoms with van der Waals surface area (Å²) >= 11 is 0. The van der Waals surface area contributed by atoms with Crippen LogP contribution >= 0.6 is 0 Å². The van der Waals surface area contributed by atoms with Crippen molar-refractivity contribution in [2.75, 3.05) is 5.32 Å². The maximum Gasteiger partial charge on any atom is 0.416 e. The van der Waals surface area contributed by atoms with Gasteiger partial charge in [0, 0.05) is 24.1 Å². The normalized spacial score (nSPS) is 12.1. The number of alkyl halides is 6. The highest BCUT2D eigenvalue weighted by Crippen LogP contribution is 2.37. The van der Waals surface area contributed by atoms with E-state index in [0.717, 1.165) is 12.3 Å². The van der Waals surface area contributed by atoms with Crippen LogP contribution in [0.25, 0.3) is 0 Å². The molecule has 0 saturated heterocycles. The van der Waals surface area contributed by atoms with Crippen LogP contribution in [0.1, 0.15) is 21.5 Å². The van der Waals surface area contributed by atoms with E-state index in [-0.39, 0.29) is 6.07 Å². The van der Waals surface area contributed by atoms with Gasteiger partial charge in [-0.1, -0.05) is 0 Å². The number of hydrogen-bond donors (Lipinski definition) is 2. The van der Waals surface area contributed by atoms with Crippen LogP contribution in [0, 0.1) is 0 Å². The van der Waals surface area contributed by atoms with Gasteiger partial charge < -0.3 is 10.3 Å². The lowest BCUT2D eigenvalue weighted by molar-refractivity contribution is -0.143. The second-order valence-electron chi connectivity index (χ2n) is 4.67. The summed E-state index contributed by atoms with van der Waals surface area (Å²) in [4.78, 5) is 25.7. The van der Waals surface area contributed by atoms with E-state index in [2.05, 4.69) is 4.98 Å². The van der Waals surface area contributed by atoms with Crippen molar-refractivity contribution in [3.8, 4) is 0 Å². The molecule has 0 aliphatic heterocycles. The minimum absolute atomic E-state index is 0.0645. The zero-order valence-corrected chi connectivity index (χ0v) is 11.5. The SMILES string of the molecule is O=C(Nc1cc(C(F)(F)F)cc(C(F)(F)F)c1)c1c[nH]ccc1=O. The lowest BCUT2D eigenvalue weighted by Gasteiger charge is -2.14. The fourth-order valence-electron chi connectivity index (χ4n) is 1.82. The minimum atomic E-state index is -5.04. The molecule has 1 aromatic heterocycles. The smallest absolute Gasteiger partial charge is 0.367 e. The summed E-state index contributed by atoms with van der Waals surface area (Å²) in [5.74, 6) is -1.13. The van der Waals surface area contributed by atoms with E-state index in [1.54, 1.807) is 0 Å². The van der Waals surface area contributed by atoms with Crippen molar-refractivity contribution in [2.24, 2.45) is 0 Å². The van der Waals surface area contributed by atoms with Gasteiger partial charge in [0.05, 0.1) is 11.1 Å².